The van der Waals surface area contributed by atoms with E-state index in [4.69, 9.17) is 10.8 Å². The molecule has 8 nitrogen and oxygen atoms in total. The third-order valence-corrected chi connectivity index (χ3v) is 2.11. The van der Waals surface area contributed by atoms with E-state index in [0.29, 0.717) is 0 Å². The summed E-state index contributed by atoms with van der Waals surface area (Å²) in [6.07, 6.45) is 1.50. The van der Waals surface area contributed by atoms with Gasteiger partial charge in [0, 0.05) is 19.3 Å². The van der Waals surface area contributed by atoms with Crippen LogP contribution in [0.15, 0.2) is 18.3 Å². The molecule has 0 fully saturated rings. The van der Waals surface area contributed by atoms with Crippen molar-refractivity contribution < 1.29 is 19.5 Å². The van der Waals surface area contributed by atoms with Crippen LogP contribution in [0.3, 0.4) is 0 Å². The maximum absolute atomic E-state index is 11.5. The van der Waals surface area contributed by atoms with Crippen molar-refractivity contribution in [3.05, 3.63) is 24.0 Å². The highest BCUT2D eigenvalue weighted by molar-refractivity contribution is 5.86. The van der Waals surface area contributed by atoms with Gasteiger partial charge in [-0.05, 0) is 12.1 Å². The topological polar surface area (TPSA) is 126 Å². The average Bonchev–Trinajstić information content (AvgIpc) is 2.72. The molecule has 0 aliphatic heterocycles. The number of nitrogens with zero attached hydrogens (tertiary/aromatic N) is 1. The minimum atomic E-state index is -1.09. The number of carboxylic acids is 1. The molecule has 3 amide bonds. The maximum Gasteiger partial charge on any atom is 0.352 e. The highest BCUT2D eigenvalue weighted by Gasteiger charge is 2.11. The van der Waals surface area contributed by atoms with Crippen LogP contribution in [-0.2, 0) is 11.3 Å². The lowest BCUT2D eigenvalue weighted by Gasteiger charge is -2.07. The number of rotatable bonds is 6. The molecule has 0 unspecified atom stereocenters. The summed E-state index contributed by atoms with van der Waals surface area (Å²) in [5, 5.41) is 13.7. The zero-order chi connectivity index (χ0) is 13.5. The monoisotopic (exact) mass is 254 g/mol. The molecule has 0 aliphatic carbocycles. The summed E-state index contributed by atoms with van der Waals surface area (Å²) < 4.78 is 1.32. The van der Waals surface area contributed by atoms with Gasteiger partial charge in [-0.15, -0.1) is 0 Å². The van der Waals surface area contributed by atoms with E-state index in [0.717, 1.165) is 0 Å². The molecule has 0 aromatic carbocycles. The normalized spacial score (nSPS) is 9.78. The fourth-order valence-electron chi connectivity index (χ4n) is 1.34. The molecule has 0 aliphatic rings. The first-order valence-corrected chi connectivity index (χ1v) is 5.19. The van der Waals surface area contributed by atoms with Crippen LogP contribution in [0, 0.1) is 0 Å². The van der Waals surface area contributed by atoms with Crippen molar-refractivity contribution in [2.24, 2.45) is 5.73 Å². The summed E-state index contributed by atoms with van der Waals surface area (Å²) in [7, 11) is 0. The van der Waals surface area contributed by atoms with E-state index in [1.807, 2.05) is 0 Å². The third kappa shape index (κ3) is 4.16. The number of hydrogen-bond donors (Lipinski definition) is 4. The van der Waals surface area contributed by atoms with Gasteiger partial charge in [0.15, 0.2) is 0 Å². The number of carbonyl (C=O) groups is 3. The zero-order valence-corrected chi connectivity index (χ0v) is 9.55. The van der Waals surface area contributed by atoms with E-state index >= 15 is 0 Å². The minimum Gasteiger partial charge on any atom is -0.477 e. The lowest BCUT2D eigenvalue weighted by molar-refractivity contribution is -0.121. The Labute approximate surface area is 103 Å². The Bertz CT molecular complexity index is 454. The molecule has 98 valence electrons. The lowest BCUT2D eigenvalue weighted by atomic mass is 10.4. The average molecular weight is 254 g/mol. The number of amides is 3. The zero-order valence-electron chi connectivity index (χ0n) is 9.55. The fraction of sp³-hybridized carbons (Fsp3) is 0.300. The van der Waals surface area contributed by atoms with E-state index in [2.05, 4.69) is 10.6 Å². The standard InChI is InChI=1S/C10H14N4O4/c11-10(18)13-4-3-12-8(15)6-14-5-1-2-7(14)9(16)17/h1-2,5H,3-4,6H2,(H,12,15)(H,16,17)(H3,11,13,18). The van der Waals surface area contributed by atoms with Gasteiger partial charge >= 0.3 is 12.0 Å². The van der Waals surface area contributed by atoms with Gasteiger partial charge in [0.2, 0.25) is 5.91 Å². The number of aromatic carboxylic acids is 1. The summed E-state index contributed by atoms with van der Waals surface area (Å²) in [4.78, 5) is 32.6. The van der Waals surface area contributed by atoms with Gasteiger partial charge in [-0.1, -0.05) is 0 Å². The highest BCUT2D eigenvalue weighted by Crippen LogP contribution is 2.01. The number of hydrogen-bond acceptors (Lipinski definition) is 3. The molecule has 0 radical (unpaired) electrons. The van der Waals surface area contributed by atoms with E-state index in [9.17, 15) is 14.4 Å². The first-order valence-electron chi connectivity index (χ1n) is 5.19. The van der Waals surface area contributed by atoms with Crippen LogP contribution in [-0.4, -0.2) is 40.7 Å². The Balaban J connectivity index is 2.38. The van der Waals surface area contributed by atoms with Crippen LogP contribution >= 0.6 is 0 Å². The smallest absolute Gasteiger partial charge is 0.352 e. The Morgan fingerprint density at radius 1 is 1.28 bits per heavy atom. The molecule has 0 saturated heterocycles. The predicted molar refractivity (Wildman–Crippen MR) is 62.0 cm³/mol. The summed E-state index contributed by atoms with van der Waals surface area (Å²) in [5.41, 5.74) is 4.88. The van der Waals surface area contributed by atoms with Crippen LogP contribution in [0.4, 0.5) is 4.79 Å². The van der Waals surface area contributed by atoms with Crippen LogP contribution in [0.2, 0.25) is 0 Å². The Morgan fingerprint density at radius 3 is 2.56 bits per heavy atom. The second-order valence-electron chi connectivity index (χ2n) is 3.47. The van der Waals surface area contributed by atoms with E-state index in [1.54, 1.807) is 6.07 Å². The molecule has 0 bridgehead atoms. The summed E-state index contributed by atoms with van der Waals surface area (Å²) >= 11 is 0. The molecule has 1 aromatic rings. The first kappa shape index (κ1) is 13.6. The number of primary amides is 1. The van der Waals surface area contributed by atoms with Crippen LogP contribution in [0.1, 0.15) is 10.5 Å². The number of nitrogens with two attached hydrogens (primary N) is 1. The molecule has 5 N–H and O–H groups in total. The van der Waals surface area contributed by atoms with Gasteiger partial charge in [0.25, 0.3) is 0 Å². The van der Waals surface area contributed by atoms with Crippen LogP contribution < -0.4 is 16.4 Å². The van der Waals surface area contributed by atoms with E-state index in [-0.39, 0.29) is 31.2 Å². The summed E-state index contributed by atoms with van der Waals surface area (Å²) in [5.74, 6) is -1.44. The van der Waals surface area contributed by atoms with Crippen molar-refractivity contribution in [2.75, 3.05) is 13.1 Å². The molecule has 0 saturated carbocycles. The van der Waals surface area contributed by atoms with Gasteiger partial charge in [-0.3, -0.25) is 4.79 Å². The molecular weight excluding hydrogens is 240 g/mol. The molecule has 8 heteroatoms. The second-order valence-corrected chi connectivity index (χ2v) is 3.47. The van der Waals surface area contributed by atoms with Crippen molar-refractivity contribution >= 4 is 17.9 Å². The number of nitrogens with one attached hydrogen (secondary N) is 2. The predicted octanol–water partition coefficient (Wildman–Crippen LogP) is -1.03. The largest absolute Gasteiger partial charge is 0.477 e. The molecule has 0 spiro atoms. The Hall–Kier alpha value is -2.51. The SMILES string of the molecule is NC(=O)NCCNC(=O)Cn1cccc1C(=O)O. The van der Waals surface area contributed by atoms with Gasteiger partial charge in [0.1, 0.15) is 12.2 Å². The van der Waals surface area contributed by atoms with Gasteiger partial charge in [-0.25, -0.2) is 9.59 Å². The van der Waals surface area contributed by atoms with Crippen LogP contribution in [0.25, 0.3) is 0 Å². The molecular formula is C10H14N4O4. The lowest BCUT2D eigenvalue weighted by Crippen LogP contribution is -2.38. The second kappa shape index (κ2) is 6.28. The number of urea groups is 1. The third-order valence-electron chi connectivity index (χ3n) is 2.11. The summed E-state index contributed by atoms with van der Waals surface area (Å²) in [6, 6.07) is 2.29. The Morgan fingerprint density at radius 2 is 1.94 bits per heavy atom. The van der Waals surface area contributed by atoms with E-state index in [1.165, 1.54) is 16.8 Å². The van der Waals surface area contributed by atoms with Crippen LogP contribution in [0.5, 0.6) is 0 Å². The van der Waals surface area contributed by atoms with Gasteiger partial charge in [-0.2, -0.15) is 0 Å². The quantitative estimate of drug-likeness (QED) is 0.484. The maximum atomic E-state index is 11.5. The van der Waals surface area contributed by atoms with Crippen molar-refractivity contribution in [2.45, 2.75) is 6.54 Å². The molecule has 1 rings (SSSR count). The molecule has 1 aromatic heterocycles. The molecule has 18 heavy (non-hydrogen) atoms. The van der Waals surface area contributed by atoms with Gasteiger partial charge < -0.3 is 26.0 Å². The number of aromatic nitrogens is 1. The van der Waals surface area contributed by atoms with Crippen molar-refractivity contribution in [1.29, 1.82) is 0 Å². The first-order chi connectivity index (χ1) is 8.50. The van der Waals surface area contributed by atoms with Crippen molar-refractivity contribution in [3.63, 3.8) is 0 Å². The fourth-order valence-corrected chi connectivity index (χ4v) is 1.34. The molecule has 0 atom stereocenters. The Kier molecular flexibility index (Phi) is 4.73. The van der Waals surface area contributed by atoms with Gasteiger partial charge in [0.05, 0.1) is 0 Å². The van der Waals surface area contributed by atoms with E-state index < -0.39 is 12.0 Å². The number of carboxylic acid groups (broad SMARTS) is 1. The number of carbonyl (C=O) groups excluding carboxylic acids is 2. The summed E-state index contributed by atoms with van der Waals surface area (Å²) in [6.45, 7) is 0.356. The molecule has 1 heterocycles. The highest BCUT2D eigenvalue weighted by atomic mass is 16.4. The van der Waals surface area contributed by atoms with Crippen molar-refractivity contribution in [1.82, 2.24) is 15.2 Å². The van der Waals surface area contributed by atoms with Crippen molar-refractivity contribution in [3.8, 4) is 0 Å². The minimum absolute atomic E-state index is 0.0420.